The van der Waals surface area contributed by atoms with Gasteiger partial charge in [-0.25, -0.2) is 4.98 Å². The lowest BCUT2D eigenvalue weighted by molar-refractivity contribution is -0.137. The van der Waals surface area contributed by atoms with Crippen LogP contribution in [0.3, 0.4) is 0 Å². The minimum absolute atomic E-state index is 0.175. The largest absolute Gasteiger partial charge is 0.419 e. The van der Waals surface area contributed by atoms with Crippen molar-refractivity contribution in [2.75, 3.05) is 45.2 Å². The van der Waals surface area contributed by atoms with Crippen LogP contribution in [0.4, 0.5) is 19.0 Å². The van der Waals surface area contributed by atoms with E-state index in [2.05, 4.69) is 25.9 Å². The van der Waals surface area contributed by atoms with Gasteiger partial charge in [-0.2, -0.15) is 13.2 Å². The molecule has 0 bridgehead atoms. The SMILES string of the molecule is CCOCCCNC(=NC)NCCNc1ncccc1C(F)(F)F. The zero-order chi connectivity index (χ0) is 17.8. The number of hydrogen-bond donors (Lipinski definition) is 3. The van der Waals surface area contributed by atoms with Crippen molar-refractivity contribution in [3.8, 4) is 0 Å². The van der Waals surface area contributed by atoms with Gasteiger partial charge in [0.1, 0.15) is 5.82 Å². The summed E-state index contributed by atoms with van der Waals surface area (Å²) in [6.45, 7) is 4.67. The molecule has 1 heterocycles. The van der Waals surface area contributed by atoms with E-state index in [1.807, 2.05) is 6.92 Å². The maximum Gasteiger partial charge on any atom is 0.419 e. The van der Waals surface area contributed by atoms with Crippen LogP contribution in [0.25, 0.3) is 0 Å². The molecular weight excluding hydrogens is 323 g/mol. The van der Waals surface area contributed by atoms with Crippen LogP contribution >= 0.6 is 0 Å². The number of nitrogens with zero attached hydrogens (tertiary/aromatic N) is 2. The van der Waals surface area contributed by atoms with Gasteiger partial charge in [-0.1, -0.05) is 0 Å². The van der Waals surface area contributed by atoms with Gasteiger partial charge >= 0.3 is 6.18 Å². The van der Waals surface area contributed by atoms with Gasteiger partial charge in [0.15, 0.2) is 5.96 Å². The molecule has 9 heteroatoms. The van der Waals surface area contributed by atoms with E-state index in [-0.39, 0.29) is 12.4 Å². The third kappa shape index (κ3) is 7.49. The molecule has 0 amide bonds. The molecule has 0 spiro atoms. The zero-order valence-electron chi connectivity index (χ0n) is 13.9. The molecule has 0 aliphatic heterocycles. The molecule has 6 nitrogen and oxygen atoms in total. The van der Waals surface area contributed by atoms with E-state index in [0.717, 1.165) is 12.5 Å². The summed E-state index contributed by atoms with van der Waals surface area (Å²) in [5, 5.41) is 8.80. The first-order valence-corrected chi connectivity index (χ1v) is 7.77. The Labute approximate surface area is 139 Å². The van der Waals surface area contributed by atoms with Crippen LogP contribution in [-0.4, -0.2) is 50.8 Å². The number of aromatic nitrogens is 1. The number of halogens is 3. The van der Waals surface area contributed by atoms with Crippen LogP contribution in [0.5, 0.6) is 0 Å². The molecule has 0 atom stereocenters. The van der Waals surface area contributed by atoms with Gasteiger partial charge in [0, 0.05) is 46.1 Å². The summed E-state index contributed by atoms with van der Waals surface area (Å²) in [7, 11) is 1.63. The maximum atomic E-state index is 12.8. The Morgan fingerprint density at radius 3 is 2.67 bits per heavy atom. The Morgan fingerprint density at radius 2 is 2.00 bits per heavy atom. The molecule has 24 heavy (non-hydrogen) atoms. The van der Waals surface area contributed by atoms with E-state index >= 15 is 0 Å². The van der Waals surface area contributed by atoms with Gasteiger partial charge < -0.3 is 20.7 Å². The van der Waals surface area contributed by atoms with Crippen molar-refractivity contribution in [2.45, 2.75) is 19.5 Å². The van der Waals surface area contributed by atoms with Crippen LogP contribution in [-0.2, 0) is 10.9 Å². The Morgan fingerprint density at radius 1 is 1.25 bits per heavy atom. The number of pyridine rings is 1. The predicted molar refractivity (Wildman–Crippen MR) is 88.2 cm³/mol. The lowest BCUT2D eigenvalue weighted by atomic mass is 10.2. The van der Waals surface area contributed by atoms with E-state index in [4.69, 9.17) is 4.74 Å². The number of nitrogens with one attached hydrogen (secondary N) is 3. The number of guanidine groups is 1. The smallest absolute Gasteiger partial charge is 0.382 e. The highest BCUT2D eigenvalue weighted by Gasteiger charge is 2.33. The summed E-state index contributed by atoms with van der Waals surface area (Å²) in [5.74, 6) is 0.414. The van der Waals surface area contributed by atoms with Crippen LogP contribution < -0.4 is 16.0 Å². The zero-order valence-corrected chi connectivity index (χ0v) is 13.9. The first-order valence-electron chi connectivity index (χ1n) is 7.77. The second-order valence-corrected chi connectivity index (χ2v) is 4.80. The van der Waals surface area contributed by atoms with Crippen molar-refractivity contribution in [1.29, 1.82) is 0 Å². The highest BCUT2D eigenvalue weighted by molar-refractivity contribution is 5.79. The summed E-state index contributed by atoms with van der Waals surface area (Å²) in [5.41, 5.74) is -0.775. The fourth-order valence-electron chi connectivity index (χ4n) is 1.88. The second-order valence-electron chi connectivity index (χ2n) is 4.80. The van der Waals surface area contributed by atoms with Crippen molar-refractivity contribution in [3.05, 3.63) is 23.9 Å². The van der Waals surface area contributed by atoms with E-state index in [1.165, 1.54) is 12.3 Å². The molecule has 1 aromatic rings. The molecule has 1 rings (SSSR count). The fourth-order valence-corrected chi connectivity index (χ4v) is 1.88. The standard InChI is InChI=1S/C15H24F3N5O/c1-3-24-11-5-8-22-14(19-2)23-10-9-21-13-12(15(16,17)18)6-4-7-20-13/h4,6-7H,3,5,8-11H2,1-2H3,(H,20,21)(H2,19,22,23). The Hall–Kier alpha value is -2.03. The maximum absolute atomic E-state index is 12.8. The minimum atomic E-state index is -4.43. The van der Waals surface area contributed by atoms with Gasteiger partial charge in [-0.05, 0) is 25.5 Å². The van der Waals surface area contributed by atoms with E-state index in [9.17, 15) is 13.2 Å². The van der Waals surface area contributed by atoms with Crippen LogP contribution in [0.15, 0.2) is 23.3 Å². The van der Waals surface area contributed by atoms with Crippen LogP contribution in [0, 0.1) is 0 Å². The lowest BCUT2D eigenvalue weighted by Crippen LogP contribution is -2.40. The fraction of sp³-hybridized carbons (Fsp3) is 0.600. The van der Waals surface area contributed by atoms with E-state index in [0.29, 0.717) is 32.3 Å². The molecule has 0 aliphatic carbocycles. The molecule has 0 aromatic carbocycles. The first-order chi connectivity index (χ1) is 11.5. The van der Waals surface area contributed by atoms with Crippen molar-refractivity contribution in [3.63, 3.8) is 0 Å². The van der Waals surface area contributed by atoms with Gasteiger partial charge in [-0.3, -0.25) is 4.99 Å². The Balaban J connectivity index is 2.32. The molecule has 136 valence electrons. The highest BCUT2D eigenvalue weighted by Crippen LogP contribution is 2.33. The summed E-state index contributed by atoms with van der Waals surface area (Å²) in [6.07, 6.45) is -2.26. The van der Waals surface area contributed by atoms with Gasteiger partial charge in [0.2, 0.25) is 0 Å². The molecule has 0 fully saturated rings. The molecule has 1 aromatic heterocycles. The summed E-state index contributed by atoms with van der Waals surface area (Å²) in [4.78, 5) is 7.78. The minimum Gasteiger partial charge on any atom is -0.382 e. The molecule has 0 saturated carbocycles. The van der Waals surface area contributed by atoms with Gasteiger partial charge in [-0.15, -0.1) is 0 Å². The number of alkyl halides is 3. The molecule has 0 unspecified atom stereocenters. The van der Waals surface area contributed by atoms with Crippen LogP contribution in [0.2, 0.25) is 0 Å². The Bertz CT molecular complexity index is 508. The lowest BCUT2D eigenvalue weighted by Gasteiger charge is -2.15. The number of anilines is 1. The highest BCUT2D eigenvalue weighted by atomic mass is 19.4. The number of hydrogen-bond acceptors (Lipinski definition) is 4. The third-order valence-electron chi connectivity index (χ3n) is 3.01. The van der Waals surface area contributed by atoms with Crippen LogP contribution in [0.1, 0.15) is 18.9 Å². The molecule has 0 aliphatic rings. The molecule has 0 saturated heterocycles. The monoisotopic (exact) mass is 347 g/mol. The average Bonchev–Trinajstić information content (AvgIpc) is 2.56. The molecular formula is C15H24F3N5O. The molecule has 0 radical (unpaired) electrons. The van der Waals surface area contributed by atoms with Gasteiger partial charge in [0.05, 0.1) is 5.56 Å². The number of aliphatic imine (C=N–C) groups is 1. The third-order valence-corrected chi connectivity index (χ3v) is 3.01. The first kappa shape index (κ1) is 20.0. The summed E-state index contributed by atoms with van der Waals surface area (Å²) >= 11 is 0. The number of rotatable bonds is 9. The van der Waals surface area contributed by atoms with Crippen molar-refractivity contribution < 1.29 is 17.9 Å². The van der Waals surface area contributed by atoms with Gasteiger partial charge in [0.25, 0.3) is 0 Å². The Kier molecular flexibility index (Phi) is 8.92. The normalized spacial score (nSPS) is 12.1. The second kappa shape index (κ2) is 10.7. The number of ether oxygens (including phenoxy) is 1. The summed E-state index contributed by atoms with van der Waals surface area (Å²) in [6, 6.07) is 2.27. The quantitative estimate of drug-likeness (QED) is 0.363. The molecule has 3 N–H and O–H groups in total. The average molecular weight is 347 g/mol. The van der Waals surface area contributed by atoms with E-state index < -0.39 is 11.7 Å². The topological polar surface area (TPSA) is 70.6 Å². The van der Waals surface area contributed by atoms with E-state index in [1.54, 1.807) is 7.05 Å². The predicted octanol–water partition coefficient (Wildman–Crippen LogP) is 2.10. The van der Waals surface area contributed by atoms with Crippen molar-refractivity contribution in [1.82, 2.24) is 15.6 Å². The van der Waals surface area contributed by atoms with Crippen molar-refractivity contribution >= 4 is 11.8 Å². The van der Waals surface area contributed by atoms with Crippen molar-refractivity contribution in [2.24, 2.45) is 4.99 Å². The summed E-state index contributed by atoms with van der Waals surface area (Å²) < 4.78 is 43.7.